The topological polar surface area (TPSA) is 132 Å². The third-order valence-corrected chi connectivity index (χ3v) is 8.49. The van der Waals surface area contributed by atoms with Gasteiger partial charge in [0.2, 0.25) is 6.41 Å². The highest BCUT2D eigenvalue weighted by Crippen LogP contribution is 2.44. The van der Waals surface area contributed by atoms with Gasteiger partial charge in [-0.2, -0.15) is 22.0 Å². The number of sulfonamides is 1. The summed E-state index contributed by atoms with van der Waals surface area (Å²) in [5.74, 6) is -9.11. The number of pyridine rings is 1. The second-order valence-electron chi connectivity index (χ2n) is 8.81. The number of alkyl halides is 5. The number of imidazole rings is 1. The average Bonchev–Trinajstić information content (AvgIpc) is 3.30. The summed E-state index contributed by atoms with van der Waals surface area (Å²) in [5, 5.41) is 8.09. The maximum atomic E-state index is 14.1. The van der Waals surface area contributed by atoms with Crippen LogP contribution >= 0.6 is 23.2 Å². The lowest BCUT2D eigenvalue weighted by Crippen LogP contribution is -2.36. The minimum absolute atomic E-state index is 0.0856. The van der Waals surface area contributed by atoms with Crippen LogP contribution in [0.2, 0.25) is 10.2 Å². The Balaban J connectivity index is 1.54. The molecule has 0 saturated carbocycles. The number of rotatable bonds is 11. The van der Waals surface area contributed by atoms with Crippen molar-refractivity contribution < 1.29 is 49.8 Å². The molecule has 18 heteroatoms. The van der Waals surface area contributed by atoms with E-state index in [4.69, 9.17) is 33.0 Å². The van der Waals surface area contributed by atoms with Crippen molar-refractivity contribution in [3.63, 3.8) is 0 Å². The zero-order chi connectivity index (χ0) is 32.4. The molecule has 0 aliphatic rings. The number of amides is 1. The zero-order valence-corrected chi connectivity index (χ0v) is 24.0. The number of aromatic carboxylic acids is 1. The highest BCUT2D eigenvalue weighted by molar-refractivity contribution is 7.93. The number of carboxylic acid groups (broad SMARTS) is 1. The van der Waals surface area contributed by atoms with Crippen molar-refractivity contribution in [2.24, 2.45) is 0 Å². The Kier molecular flexibility index (Phi) is 9.18. The first-order valence-corrected chi connectivity index (χ1v) is 14.1. The first kappa shape index (κ1) is 32.6. The third-order valence-electron chi connectivity index (χ3n) is 6.00. The van der Waals surface area contributed by atoms with Crippen LogP contribution in [0.25, 0.3) is 0 Å². The van der Waals surface area contributed by atoms with Crippen LogP contribution < -0.4 is 9.04 Å². The van der Waals surface area contributed by atoms with Gasteiger partial charge in [0.15, 0.2) is 11.5 Å². The van der Waals surface area contributed by atoms with Crippen LogP contribution in [0.15, 0.2) is 71.9 Å². The maximum Gasteiger partial charge on any atom is 0.461 e. The maximum absolute atomic E-state index is 14.1. The Labute approximate surface area is 255 Å². The summed E-state index contributed by atoms with van der Waals surface area (Å²) in [6.07, 6.45) is -3.51. The molecule has 2 aromatic carbocycles. The molecule has 0 bridgehead atoms. The van der Waals surface area contributed by atoms with E-state index in [1.165, 1.54) is 67.0 Å². The lowest BCUT2D eigenvalue weighted by molar-refractivity contribution is -0.293. The molecule has 0 unspecified atom stereocenters. The van der Waals surface area contributed by atoms with Gasteiger partial charge in [0.1, 0.15) is 17.5 Å². The molecule has 44 heavy (non-hydrogen) atoms. The summed E-state index contributed by atoms with van der Waals surface area (Å²) in [6.45, 7) is -0.924. The number of carbonyl (C=O) groups is 2. The van der Waals surface area contributed by atoms with Crippen LogP contribution in [0.4, 0.5) is 27.6 Å². The molecule has 0 spiro atoms. The Morgan fingerprint density at radius 3 is 2.23 bits per heavy atom. The van der Waals surface area contributed by atoms with E-state index in [1.54, 1.807) is 0 Å². The van der Waals surface area contributed by atoms with Crippen molar-refractivity contribution in [1.29, 1.82) is 0 Å². The lowest BCUT2D eigenvalue weighted by atomic mass is 10.2. The second-order valence-corrected chi connectivity index (χ2v) is 11.4. The highest BCUT2D eigenvalue weighted by Gasteiger charge is 2.62. The number of nitrogens with zero attached hydrogens (tertiary/aromatic N) is 4. The molecule has 2 heterocycles. The van der Waals surface area contributed by atoms with E-state index in [0.717, 1.165) is 0 Å². The number of hydrogen-bond acceptors (Lipinski definition) is 7. The van der Waals surface area contributed by atoms with Gasteiger partial charge in [-0.3, -0.25) is 9.78 Å². The fraction of sp³-hybridized carbons (Fsp3) is 0.154. The third kappa shape index (κ3) is 6.32. The van der Waals surface area contributed by atoms with Gasteiger partial charge < -0.3 is 14.4 Å². The van der Waals surface area contributed by atoms with Crippen molar-refractivity contribution in [2.45, 2.75) is 30.1 Å². The molecule has 0 aliphatic carbocycles. The molecule has 232 valence electrons. The summed E-state index contributed by atoms with van der Waals surface area (Å²) >= 11 is 12.2. The van der Waals surface area contributed by atoms with Gasteiger partial charge in [0.05, 0.1) is 22.2 Å². The summed E-state index contributed by atoms with van der Waals surface area (Å²) in [6, 6.07) is 11.9. The Morgan fingerprint density at radius 2 is 1.66 bits per heavy atom. The van der Waals surface area contributed by atoms with Gasteiger partial charge in [-0.25, -0.2) is 22.5 Å². The van der Waals surface area contributed by atoms with E-state index in [2.05, 4.69) is 9.97 Å². The molecular formula is C26H17Cl2F5N4O6S. The van der Waals surface area contributed by atoms with Crippen LogP contribution in [0.5, 0.6) is 5.75 Å². The Bertz CT molecular complexity index is 1800. The summed E-state index contributed by atoms with van der Waals surface area (Å²) in [7, 11) is -4.33. The molecular weight excluding hydrogens is 662 g/mol. The predicted molar refractivity (Wildman–Crippen MR) is 145 cm³/mol. The van der Waals surface area contributed by atoms with E-state index >= 15 is 0 Å². The van der Waals surface area contributed by atoms with Gasteiger partial charge in [-0.15, -0.1) is 0 Å². The number of halogens is 7. The minimum atomic E-state index is -6.07. The summed E-state index contributed by atoms with van der Waals surface area (Å²) < 4.78 is 99.7. The molecule has 0 radical (unpaired) electrons. The van der Waals surface area contributed by atoms with Crippen LogP contribution in [0.1, 0.15) is 27.4 Å². The van der Waals surface area contributed by atoms with E-state index in [1.807, 2.05) is 0 Å². The van der Waals surface area contributed by atoms with Gasteiger partial charge in [0.25, 0.3) is 10.0 Å². The number of hydrogen-bond donors (Lipinski definition) is 1. The number of carboxylic acids is 1. The van der Waals surface area contributed by atoms with E-state index in [-0.39, 0.29) is 50.1 Å². The lowest BCUT2D eigenvalue weighted by Gasteiger charge is -2.20. The monoisotopic (exact) mass is 678 g/mol. The molecule has 2 aromatic heterocycles. The molecule has 4 rings (SSSR count). The quantitative estimate of drug-likeness (QED) is 0.153. The normalized spacial score (nSPS) is 12.2. The molecule has 0 saturated heterocycles. The number of anilines is 1. The number of benzene rings is 2. The Morgan fingerprint density at radius 1 is 1.02 bits per heavy atom. The van der Waals surface area contributed by atoms with Crippen LogP contribution in [-0.2, 0) is 33.9 Å². The Hall–Kier alpha value is -4.28. The largest absolute Gasteiger partial charge is 0.489 e. The van der Waals surface area contributed by atoms with Gasteiger partial charge >= 0.3 is 18.1 Å². The molecule has 0 atom stereocenters. The van der Waals surface area contributed by atoms with Crippen molar-refractivity contribution in [1.82, 2.24) is 14.5 Å². The summed E-state index contributed by atoms with van der Waals surface area (Å²) in [5.41, 5.74) is -0.920. The molecule has 0 aliphatic heterocycles. The molecule has 10 nitrogen and oxygen atoms in total. The number of carbonyl (C=O) groups excluding carboxylic acids is 1. The van der Waals surface area contributed by atoms with E-state index in [9.17, 15) is 40.0 Å². The smallest absolute Gasteiger partial charge is 0.461 e. The predicted octanol–water partition coefficient (Wildman–Crippen LogP) is 5.92. The average molecular weight is 679 g/mol. The minimum Gasteiger partial charge on any atom is -0.489 e. The van der Waals surface area contributed by atoms with Gasteiger partial charge in [0, 0.05) is 18.0 Å². The molecule has 1 N–H and O–H groups in total. The van der Waals surface area contributed by atoms with Crippen LogP contribution in [0, 0.1) is 0 Å². The molecule has 4 aromatic rings. The fourth-order valence-corrected chi connectivity index (χ4v) is 5.63. The number of aromatic nitrogens is 3. The van der Waals surface area contributed by atoms with Crippen molar-refractivity contribution in [3.05, 3.63) is 99.8 Å². The first-order valence-electron chi connectivity index (χ1n) is 11.9. The molecule has 0 fully saturated rings. The number of ether oxygens (including phenoxy) is 1. The van der Waals surface area contributed by atoms with Crippen molar-refractivity contribution >= 4 is 51.3 Å². The highest BCUT2D eigenvalue weighted by atomic mass is 35.5. The fourth-order valence-electron chi connectivity index (χ4n) is 3.83. The SMILES string of the molecule is O=CN(c1cccc(COc2ccc(Cn3c(C(F)(F)C(F)(F)F)nc(C(=O)O)c3Cl)cc2)c1Cl)S(=O)(=O)c1ccncc1. The van der Waals surface area contributed by atoms with Crippen LogP contribution in [0.3, 0.4) is 0 Å². The van der Waals surface area contributed by atoms with E-state index in [0.29, 0.717) is 4.31 Å². The van der Waals surface area contributed by atoms with Gasteiger partial charge in [-0.1, -0.05) is 47.5 Å². The second kappa shape index (κ2) is 12.4. The summed E-state index contributed by atoms with van der Waals surface area (Å²) in [4.78, 5) is 29.6. The van der Waals surface area contributed by atoms with Gasteiger partial charge in [-0.05, 0) is 35.9 Å². The van der Waals surface area contributed by atoms with E-state index < -0.39 is 51.3 Å². The molecule has 1 amide bonds. The van der Waals surface area contributed by atoms with Crippen LogP contribution in [-0.4, -0.2) is 46.6 Å². The standard InChI is InChI=1S/C26H17Cl2F5N4O6S/c27-20-16(2-1-3-19(20)37(14-38)44(41,42)18-8-10-34-11-9-18)13-43-17-6-4-15(5-7-17)12-36-22(28)21(23(39)40)35-24(36)25(29,30)26(31,32)33/h1-11,14H,12-13H2,(H,39,40). The first-order chi connectivity index (χ1) is 20.6. The van der Waals surface area contributed by atoms with Crippen molar-refractivity contribution in [2.75, 3.05) is 4.31 Å². The van der Waals surface area contributed by atoms with Crippen molar-refractivity contribution in [3.8, 4) is 5.75 Å². The zero-order valence-electron chi connectivity index (χ0n) is 21.7.